The van der Waals surface area contributed by atoms with Crippen molar-refractivity contribution in [1.29, 1.82) is 5.26 Å². The zero-order valence-electron chi connectivity index (χ0n) is 9.04. The highest BCUT2D eigenvalue weighted by Gasteiger charge is 2.29. The van der Waals surface area contributed by atoms with Crippen molar-refractivity contribution in [3.05, 3.63) is 24.0 Å². The van der Waals surface area contributed by atoms with Gasteiger partial charge in [-0.1, -0.05) is 0 Å². The molecule has 0 radical (unpaired) electrons. The minimum absolute atomic E-state index is 0.310. The van der Waals surface area contributed by atoms with Gasteiger partial charge in [0.15, 0.2) is 0 Å². The van der Waals surface area contributed by atoms with Crippen LogP contribution in [-0.2, 0) is 4.79 Å². The highest BCUT2D eigenvalue weighted by Crippen LogP contribution is 2.24. The molecular weight excluding hydrogens is 238 g/mol. The number of rotatable bonds is 2. The zero-order valence-corrected chi connectivity index (χ0v) is 9.85. The third-order valence-corrected chi connectivity index (χ3v) is 3.63. The summed E-state index contributed by atoms with van der Waals surface area (Å²) in [4.78, 5) is 16.9. The largest absolute Gasteiger partial charge is 0.480 e. The molecule has 1 N–H and O–H groups in total. The number of carbonyl (C=O) groups is 1. The van der Waals surface area contributed by atoms with Crippen molar-refractivity contribution in [2.75, 3.05) is 23.0 Å². The Morgan fingerprint density at radius 3 is 3.24 bits per heavy atom. The molecule has 2 heterocycles. The van der Waals surface area contributed by atoms with E-state index in [1.165, 1.54) is 6.20 Å². The quantitative estimate of drug-likeness (QED) is 0.841. The Kier molecular flexibility index (Phi) is 3.49. The minimum atomic E-state index is -0.826. The van der Waals surface area contributed by atoms with Crippen LogP contribution in [0, 0.1) is 11.3 Å². The summed E-state index contributed by atoms with van der Waals surface area (Å²) >= 11 is 1.64. The highest BCUT2D eigenvalue weighted by molar-refractivity contribution is 7.99. The number of carboxylic acid groups (broad SMARTS) is 1. The monoisotopic (exact) mass is 249 g/mol. The van der Waals surface area contributed by atoms with Crippen molar-refractivity contribution in [1.82, 2.24) is 4.98 Å². The number of pyridine rings is 1. The molecule has 1 aliphatic rings. The molecular formula is C11H11N3O2S. The number of thioether (sulfide) groups is 1. The van der Waals surface area contributed by atoms with E-state index in [1.807, 2.05) is 11.0 Å². The van der Waals surface area contributed by atoms with Crippen LogP contribution in [0.5, 0.6) is 0 Å². The van der Waals surface area contributed by atoms with Crippen LogP contribution in [-0.4, -0.2) is 40.2 Å². The Hall–Kier alpha value is -1.74. The van der Waals surface area contributed by atoms with E-state index in [2.05, 4.69) is 4.98 Å². The molecule has 17 heavy (non-hydrogen) atoms. The molecule has 1 fully saturated rings. The first-order chi connectivity index (χ1) is 8.22. The van der Waals surface area contributed by atoms with Crippen molar-refractivity contribution in [2.45, 2.75) is 6.04 Å². The van der Waals surface area contributed by atoms with Gasteiger partial charge >= 0.3 is 5.97 Å². The van der Waals surface area contributed by atoms with Crippen molar-refractivity contribution in [2.24, 2.45) is 0 Å². The minimum Gasteiger partial charge on any atom is -0.480 e. The second-order valence-electron chi connectivity index (χ2n) is 3.63. The molecule has 5 nitrogen and oxygen atoms in total. The van der Waals surface area contributed by atoms with E-state index in [9.17, 15) is 4.79 Å². The van der Waals surface area contributed by atoms with E-state index in [4.69, 9.17) is 10.4 Å². The third-order valence-electron chi connectivity index (χ3n) is 2.60. The first kappa shape index (κ1) is 11.7. The SMILES string of the molecule is N#Cc1cc(N2CCSCC2C(=O)O)ccn1. The van der Waals surface area contributed by atoms with E-state index in [0.29, 0.717) is 18.0 Å². The van der Waals surface area contributed by atoms with Crippen LogP contribution in [0.25, 0.3) is 0 Å². The first-order valence-corrected chi connectivity index (χ1v) is 6.31. The van der Waals surface area contributed by atoms with Gasteiger partial charge in [0, 0.05) is 29.9 Å². The Labute approximate surface area is 103 Å². The second kappa shape index (κ2) is 5.06. The standard InChI is InChI=1S/C11H11N3O2S/c12-6-8-5-9(1-2-13-8)14-3-4-17-7-10(14)11(15)16/h1-2,5,10H,3-4,7H2,(H,15,16). The molecule has 0 saturated carbocycles. The molecule has 1 aliphatic heterocycles. The number of nitriles is 1. The van der Waals surface area contributed by atoms with Gasteiger partial charge in [-0.2, -0.15) is 17.0 Å². The molecule has 6 heteroatoms. The number of aromatic nitrogens is 1. The van der Waals surface area contributed by atoms with Crippen molar-refractivity contribution in [3.8, 4) is 6.07 Å². The van der Waals surface area contributed by atoms with Crippen molar-refractivity contribution >= 4 is 23.4 Å². The fraction of sp³-hybridized carbons (Fsp3) is 0.364. The molecule has 0 bridgehead atoms. The third kappa shape index (κ3) is 2.50. The predicted molar refractivity (Wildman–Crippen MR) is 65.0 cm³/mol. The lowest BCUT2D eigenvalue weighted by molar-refractivity contribution is -0.138. The Morgan fingerprint density at radius 2 is 2.53 bits per heavy atom. The predicted octanol–water partition coefficient (Wildman–Crippen LogP) is 0.960. The normalized spacial score (nSPS) is 19.7. The smallest absolute Gasteiger partial charge is 0.327 e. The lowest BCUT2D eigenvalue weighted by Gasteiger charge is -2.34. The fourth-order valence-electron chi connectivity index (χ4n) is 1.78. The van der Waals surface area contributed by atoms with E-state index in [-0.39, 0.29) is 0 Å². The number of hydrogen-bond donors (Lipinski definition) is 1. The average molecular weight is 249 g/mol. The van der Waals surface area contributed by atoms with Gasteiger partial charge in [-0.15, -0.1) is 0 Å². The van der Waals surface area contributed by atoms with Gasteiger partial charge < -0.3 is 10.0 Å². The molecule has 0 spiro atoms. The number of aliphatic carboxylic acids is 1. The van der Waals surface area contributed by atoms with Gasteiger partial charge in [0.05, 0.1) is 0 Å². The molecule has 0 aliphatic carbocycles. The van der Waals surface area contributed by atoms with E-state index >= 15 is 0 Å². The summed E-state index contributed by atoms with van der Waals surface area (Å²) in [6.45, 7) is 0.677. The summed E-state index contributed by atoms with van der Waals surface area (Å²) < 4.78 is 0. The fourth-order valence-corrected chi connectivity index (χ4v) is 2.81. The number of carboxylic acids is 1. The summed E-state index contributed by atoms with van der Waals surface area (Å²) in [6, 6.07) is 4.81. The maximum atomic E-state index is 11.2. The summed E-state index contributed by atoms with van der Waals surface area (Å²) in [5, 5.41) is 17.9. The lowest BCUT2D eigenvalue weighted by atomic mass is 10.2. The maximum Gasteiger partial charge on any atom is 0.327 e. The lowest BCUT2D eigenvalue weighted by Crippen LogP contribution is -2.47. The van der Waals surface area contributed by atoms with Gasteiger partial charge in [-0.3, -0.25) is 0 Å². The van der Waals surface area contributed by atoms with Crippen LogP contribution in [0.3, 0.4) is 0 Å². The van der Waals surface area contributed by atoms with Crippen molar-refractivity contribution in [3.63, 3.8) is 0 Å². The zero-order chi connectivity index (χ0) is 12.3. The molecule has 0 aromatic carbocycles. The molecule has 2 rings (SSSR count). The van der Waals surface area contributed by atoms with E-state index in [0.717, 1.165) is 11.4 Å². The van der Waals surface area contributed by atoms with Crippen LogP contribution in [0.15, 0.2) is 18.3 Å². The molecule has 0 amide bonds. The number of anilines is 1. The Bertz CT molecular complexity index is 472. The summed E-state index contributed by atoms with van der Waals surface area (Å²) in [6.07, 6.45) is 1.54. The van der Waals surface area contributed by atoms with E-state index < -0.39 is 12.0 Å². The topological polar surface area (TPSA) is 77.2 Å². The van der Waals surface area contributed by atoms with Gasteiger partial charge in [0.25, 0.3) is 0 Å². The van der Waals surface area contributed by atoms with Gasteiger partial charge in [-0.05, 0) is 12.1 Å². The van der Waals surface area contributed by atoms with E-state index in [1.54, 1.807) is 23.9 Å². The van der Waals surface area contributed by atoms with Gasteiger partial charge in [-0.25, -0.2) is 9.78 Å². The molecule has 88 valence electrons. The van der Waals surface area contributed by atoms with Crippen LogP contribution in [0.2, 0.25) is 0 Å². The molecule has 1 aromatic heterocycles. The maximum absolute atomic E-state index is 11.2. The van der Waals surface area contributed by atoms with Gasteiger partial charge in [0.2, 0.25) is 0 Å². The number of nitrogens with zero attached hydrogens (tertiary/aromatic N) is 3. The molecule has 1 aromatic rings. The van der Waals surface area contributed by atoms with Crippen LogP contribution >= 0.6 is 11.8 Å². The number of hydrogen-bond acceptors (Lipinski definition) is 5. The van der Waals surface area contributed by atoms with Crippen LogP contribution in [0.4, 0.5) is 5.69 Å². The Balaban J connectivity index is 2.29. The molecule has 1 unspecified atom stereocenters. The Morgan fingerprint density at radius 1 is 1.71 bits per heavy atom. The van der Waals surface area contributed by atoms with Crippen LogP contribution < -0.4 is 4.90 Å². The highest BCUT2D eigenvalue weighted by atomic mass is 32.2. The summed E-state index contributed by atoms with van der Waals surface area (Å²) in [5.74, 6) is 0.639. The van der Waals surface area contributed by atoms with Crippen molar-refractivity contribution < 1.29 is 9.90 Å². The summed E-state index contributed by atoms with van der Waals surface area (Å²) in [7, 11) is 0. The second-order valence-corrected chi connectivity index (χ2v) is 4.78. The first-order valence-electron chi connectivity index (χ1n) is 5.15. The average Bonchev–Trinajstić information content (AvgIpc) is 2.39. The van der Waals surface area contributed by atoms with Crippen LogP contribution in [0.1, 0.15) is 5.69 Å². The molecule has 1 saturated heterocycles. The summed E-state index contributed by atoms with van der Waals surface area (Å²) in [5.41, 5.74) is 1.06. The molecule has 1 atom stereocenters. The van der Waals surface area contributed by atoms with Gasteiger partial charge in [0.1, 0.15) is 17.8 Å².